The Balaban J connectivity index is 1.45. The van der Waals surface area contributed by atoms with Crippen LogP contribution < -0.4 is 5.84 Å². The normalized spacial score (nSPS) is 46.6. The van der Waals surface area contributed by atoms with Crippen LogP contribution in [0.5, 0.6) is 0 Å². The highest BCUT2D eigenvalue weighted by Gasteiger charge is 2.58. The minimum atomic E-state index is -0.453. The predicted octanol–water partition coefficient (Wildman–Crippen LogP) is 3.92. The molecule has 4 saturated carbocycles. The molecule has 0 bridgehead atoms. The molecule has 162 valence electrons. The van der Waals surface area contributed by atoms with Gasteiger partial charge >= 0.3 is 0 Å². The minimum absolute atomic E-state index is 0.131. The number of hydrogen-bond acceptors (Lipinski definition) is 5. The number of hydrazine groups is 1. The zero-order valence-electron chi connectivity index (χ0n) is 18.2. The zero-order chi connectivity index (χ0) is 20.8. The van der Waals surface area contributed by atoms with Crippen molar-refractivity contribution in [1.82, 2.24) is 5.01 Å². The van der Waals surface area contributed by atoms with E-state index in [9.17, 15) is 9.90 Å². The second-order valence-electron chi connectivity index (χ2n) is 11.0. The number of carbonyl (C=O) groups is 1. The van der Waals surface area contributed by atoms with Crippen molar-refractivity contribution in [2.24, 2.45) is 51.8 Å². The largest absolute Gasteiger partial charge is 0.390 e. The maximum Gasteiger partial charge on any atom is 0.157 e. The topological polar surface area (TPSA) is 78.9 Å². The molecule has 3 N–H and O–H groups in total. The van der Waals surface area contributed by atoms with Crippen LogP contribution in [0, 0.1) is 40.9 Å². The first-order valence-corrected chi connectivity index (χ1v) is 11.6. The molecule has 0 saturated heterocycles. The van der Waals surface area contributed by atoms with Crippen LogP contribution in [0.15, 0.2) is 17.4 Å². The number of hydrogen-bond donors (Lipinski definition) is 2. The molecule has 0 amide bonds. The average Bonchev–Trinajstić information content (AvgIpc) is 3.02. The van der Waals surface area contributed by atoms with Crippen molar-refractivity contribution in [2.75, 3.05) is 6.54 Å². The van der Waals surface area contributed by atoms with Gasteiger partial charge in [0.15, 0.2) is 5.78 Å². The van der Waals surface area contributed by atoms with Crippen LogP contribution in [0.1, 0.15) is 71.6 Å². The molecule has 0 aromatic heterocycles. The van der Waals surface area contributed by atoms with Gasteiger partial charge in [-0.05, 0) is 106 Å². The lowest BCUT2D eigenvalue weighted by atomic mass is 9.49. The van der Waals surface area contributed by atoms with E-state index in [4.69, 9.17) is 5.84 Å². The first-order chi connectivity index (χ1) is 13.7. The summed E-state index contributed by atoms with van der Waals surface area (Å²) in [6.45, 7) is 8.09. The standard InChI is InChI=1S/C24H39N3O2/c1-23(29)10-8-17-16(14-23)4-5-19-18(17)9-11-24(2)20(19)6-7-21(24)22(28)15-27(25)13-12-26-3/h12-13,16-21,29H,3-11,14-15,25H2,1-2H3/b13-12-/t16-,17-,18?,19?,20?,21+,23+,24-/m0/s1. The summed E-state index contributed by atoms with van der Waals surface area (Å²) in [5, 5.41) is 12.0. The molecule has 5 heteroatoms. The average molecular weight is 402 g/mol. The van der Waals surface area contributed by atoms with Crippen molar-refractivity contribution >= 4 is 12.5 Å². The Hall–Kier alpha value is -1.20. The van der Waals surface area contributed by atoms with Crippen LogP contribution in [0.25, 0.3) is 0 Å². The third kappa shape index (κ3) is 3.81. The van der Waals surface area contributed by atoms with Crippen molar-refractivity contribution < 1.29 is 9.90 Å². The molecule has 8 atom stereocenters. The molecule has 0 heterocycles. The van der Waals surface area contributed by atoms with Crippen molar-refractivity contribution in [3.05, 3.63) is 12.4 Å². The van der Waals surface area contributed by atoms with Gasteiger partial charge in [0.05, 0.1) is 12.1 Å². The summed E-state index contributed by atoms with van der Waals surface area (Å²) in [5.74, 6) is 10.1. The Morgan fingerprint density at radius 1 is 1.14 bits per heavy atom. The molecule has 0 aromatic carbocycles. The second-order valence-corrected chi connectivity index (χ2v) is 11.0. The molecule has 0 spiro atoms. The number of ketones is 1. The highest BCUT2D eigenvalue weighted by Crippen LogP contribution is 2.64. The summed E-state index contributed by atoms with van der Waals surface area (Å²) in [4.78, 5) is 16.8. The molecular formula is C24H39N3O2. The van der Waals surface area contributed by atoms with E-state index in [0.29, 0.717) is 11.8 Å². The van der Waals surface area contributed by atoms with Gasteiger partial charge in [0.2, 0.25) is 0 Å². The number of nitrogens with two attached hydrogens (primary N) is 1. The van der Waals surface area contributed by atoms with E-state index in [2.05, 4.69) is 18.6 Å². The predicted molar refractivity (Wildman–Crippen MR) is 116 cm³/mol. The van der Waals surface area contributed by atoms with Crippen LogP contribution >= 0.6 is 0 Å². The zero-order valence-corrected chi connectivity index (χ0v) is 18.2. The van der Waals surface area contributed by atoms with Gasteiger partial charge in [-0.2, -0.15) is 0 Å². The lowest BCUT2D eigenvalue weighted by Crippen LogP contribution is -2.51. The molecule has 0 radical (unpaired) electrons. The van der Waals surface area contributed by atoms with Gasteiger partial charge in [-0.15, -0.1) is 0 Å². The maximum absolute atomic E-state index is 13.1. The number of rotatable bonds is 5. The van der Waals surface area contributed by atoms with Crippen LogP contribution in [0.2, 0.25) is 0 Å². The van der Waals surface area contributed by atoms with E-state index < -0.39 is 5.60 Å². The van der Waals surface area contributed by atoms with Gasteiger partial charge in [0, 0.05) is 18.3 Å². The molecule has 4 aliphatic carbocycles. The molecule has 4 rings (SSSR count). The monoisotopic (exact) mass is 401 g/mol. The van der Waals surface area contributed by atoms with Crippen LogP contribution in [-0.4, -0.2) is 34.8 Å². The van der Waals surface area contributed by atoms with Crippen molar-refractivity contribution in [3.63, 3.8) is 0 Å². The Morgan fingerprint density at radius 3 is 2.66 bits per heavy atom. The van der Waals surface area contributed by atoms with Gasteiger partial charge in [-0.25, -0.2) is 5.84 Å². The van der Waals surface area contributed by atoms with E-state index in [0.717, 1.165) is 37.0 Å². The molecule has 4 fully saturated rings. The van der Waals surface area contributed by atoms with Crippen molar-refractivity contribution in [1.29, 1.82) is 0 Å². The summed E-state index contributed by atoms with van der Waals surface area (Å²) >= 11 is 0. The van der Waals surface area contributed by atoms with Gasteiger partial charge in [-0.3, -0.25) is 9.79 Å². The first-order valence-electron chi connectivity index (χ1n) is 11.6. The third-order valence-electron chi connectivity index (χ3n) is 9.33. The number of Topliss-reactive ketones (excluding diaryl/α,β-unsaturated/α-hetero) is 1. The van der Waals surface area contributed by atoms with Crippen LogP contribution in [-0.2, 0) is 4.79 Å². The van der Waals surface area contributed by atoms with Gasteiger partial charge in [0.25, 0.3) is 0 Å². The Kier molecular flexibility index (Phi) is 5.67. The maximum atomic E-state index is 13.1. The Labute approximate surface area is 175 Å². The molecule has 0 aliphatic heterocycles. The van der Waals surface area contributed by atoms with E-state index in [-0.39, 0.29) is 23.7 Å². The van der Waals surface area contributed by atoms with E-state index >= 15 is 0 Å². The number of aliphatic imine (C=N–C) groups is 1. The fourth-order valence-corrected chi connectivity index (χ4v) is 8.09. The lowest BCUT2D eigenvalue weighted by molar-refractivity contribution is -0.132. The highest BCUT2D eigenvalue weighted by atomic mass is 16.3. The summed E-state index contributed by atoms with van der Waals surface area (Å²) in [5.41, 5.74) is -0.321. The molecular weight excluding hydrogens is 362 g/mol. The van der Waals surface area contributed by atoms with Crippen molar-refractivity contribution in [2.45, 2.75) is 77.2 Å². The SMILES string of the molecule is C=N/C=C\N(N)CC(=O)[C@H]1CCC2C3CC[C@H]4C[C@](C)(O)CC[C@@H]4C3CC[C@@]21C. The highest BCUT2D eigenvalue weighted by molar-refractivity contribution is 5.84. The fraction of sp³-hybridized carbons (Fsp3) is 0.833. The minimum Gasteiger partial charge on any atom is -0.390 e. The summed E-state index contributed by atoms with van der Waals surface area (Å²) in [6.07, 6.45) is 13.5. The molecule has 5 nitrogen and oxygen atoms in total. The first kappa shape index (κ1) is 21.0. The van der Waals surface area contributed by atoms with Crippen LogP contribution in [0.3, 0.4) is 0 Å². The van der Waals surface area contributed by atoms with E-state index in [1.54, 1.807) is 6.20 Å². The number of fused-ring (bicyclic) bond motifs is 5. The number of carbonyl (C=O) groups excluding carboxylic acids is 1. The van der Waals surface area contributed by atoms with Gasteiger partial charge in [-0.1, -0.05) is 6.92 Å². The van der Waals surface area contributed by atoms with Gasteiger partial charge < -0.3 is 10.1 Å². The molecule has 0 aromatic rings. The van der Waals surface area contributed by atoms with E-state index in [1.165, 1.54) is 49.7 Å². The lowest BCUT2D eigenvalue weighted by Gasteiger charge is -2.56. The van der Waals surface area contributed by atoms with Crippen LogP contribution in [0.4, 0.5) is 0 Å². The Morgan fingerprint density at radius 2 is 1.90 bits per heavy atom. The quantitative estimate of drug-likeness (QED) is 0.416. The summed E-state index contributed by atoms with van der Waals surface area (Å²) in [7, 11) is 0. The summed E-state index contributed by atoms with van der Waals surface area (Å²) in [6, 6.07) is 0. The van der Waals surface area contributed by atoms with E-state index in [1.807, 2.05) is 6.92 Å². The van der Waals surface area contributed by atoms with Gasteiger partial charge in [0.1, 0.15) is 0 Å². The van der Waals surface area contributed by atoms with Crippen molar-refractivity contribution in [3.8, 4) is 0 Å². The second kappa shape index (κ2) is 7.81. The number of aliphatic hydroxyl groups is 1. The molecule has 29 heavy (non-hydrogen) atoms. The number of nitrogens with zero attached hydrogens (tertiary/aromatic N) is 2. The molecule has 3 unspecified atom stereocenters. The Bertz CT molecular complexity index is 675. The summed E-state index contributed by atoms with van der Waals surface area (Å²) < 4.78 is 0. The molecule has 4 aliphatic rings. The third-order valence-corrected chi connectivity index (χ3v) is 9.33. The fourth-order valence-electron chi connectivity index (χ4n) is 8.09. The smallest absolute Gasteiger partial charge is 0.157 e.